The minimum absolute atomic E-state index is 0.117. The summed E-state index contributed by atoms with van der Waals surface area (Å²) in [6.45, 7) is 11.1. The molecular formula is C28H42FNO4. The number of carbonyl (C=O) groups excluding carboxylic acids is 1. The van der Waals surface area contributed by atoms with Crippen LogP contribution in [0.5, 0.6) is 0 Å². The van der Waals surface area contributed by atoms with Crippen LogP contribution in [-0.2, 0) is 27.1 Å². The molecule has 0 bridgehead atoms. The largest absolute Gasteiger partial charge is 0.378 e. The first-order valence-electron chi connectivity index (χ1n) is 12.1. The number of aryl methyl sites for hydroxylation is 3. The fourth-order valence-electron chi connectivity index (χ4n) is 4.16. The summed E-state index contributed by atoms with van der Waals surface area (Å²) in [5.41, 5.74) is 6.46. The molecule has 2 aromatic carbocycles. The van der Waals surface area contributed by atoms with Crippen molar-refractivity contribution in [2.24, 2.45) is 0 Å². The summed E-state index contributed by atoms with van der Waals surface area (Å²) < 4.78 is 23.3. The SMILES string of the molecule is C=O.CC(C)c1cccc(F)c1N1CCOCC1.COCO.Cc1ccc2c(c1)CCCCC2. The zero-order valence-electron chi connectivity index (χ0n) is 21.3. The summed E-state index contributed by atoms with van der Waals surface area (Å²) in [4.78, 5) is 10.1. The summed E-state index contributed by atoms with van der Waals surface area (Å²) in [5, 5.41) is 7.65. The first kappa shape index (κ1) is 29.8. The van der Waals surface area contributed by atoms with E-state index < -0.39 is 0 Å². The lowest BCUT2D eigenvalue weighted by molar-refractivity contribution is -0.0980. The molecule has 0 atom stereocenters. The van der Waals surface area contributed by atoms with Crippen molar-refractivity contribution in [1.82, 2.24) is 0 Å². The molecule has 1 aliphatic carbocycles. The zero-order chi connectivity index (χ0) is 25.3. The predicted octanol–water partition coefficient (Wildman–Crippen LogP) is 5.45. The minimum atomic E-state index is -0.181. The van der Waals surface area contributed by atoms with Crippen molar-refractivity contribution >= 4 is 12.5 Å². The molecule has 1 heterocycles. The average Bonchev–Trinajstić information content (AvgIpc) is 3.11. The number of para-hydroxylation sites is 1. The van der Waals surface area contributed by atoms with Gasteiger partial charge in [0, 0.05) is 20.2 Å². The van der Waals surface area contributed by atoms with Gasteiger partial charge < -0.3 is 24.3 Å². The Labute approximate surface area is 204 Å². The van der Waals surface area contributed by atoms with Gasteiger partial charge in [0.1, 0.15) is 19.4 Å². The van der Waals surface area contributed by atoms with Crippen LogP contribution in [0, 0.1) is 12.7 Å². The fourth-order valence-corrected chi connectivity index (χ4v) is 4.16. The van der Waals surface area contributed by atoms with E-state index in [4.69, 9.17) is 14.6 Å². The molecule has 1 N–H and O–H groups in total. The number of fused-ring (bicyclic) bond motifs is 1. The lowest BCUT2D eigenvalue weighted by atomic mass is 10.00. The Bertz CT molecular complexity index is 820. The van der Waals surface area contributed by atoms with E-state index in [9.17, 15) is 4.39 Å². The van der Waals surface area contributed by atoms with Gasteiger partial charge in [-0.2, -0.15) is 0 Å². The molecule has 190 valence electrons. The van der Waals surface area contributed by atoms with Gasteiger partial charge in [0.05, 0.1) is 18.9 Å². The summed E-state index contributed by atoms with van der Waals surface area (Å²) in [7, 11) is 1.43. The molecule has 1 fully saturated rings. The first-order chi connectivity index (χ1) is 16.5. The summed E-state index contributed by atoms with van der Waals surface area (Å²) in [6.07, 6.45) is 6.78. The Morgan fingerprint density at radius 1 is 1.06 bits per heavy atom. The Morgan fingerprint density at radius 2 is 1.68 bits per heavy atom. The van der Waals surface area contributed by atoms with Crippen molar-refractivity contribution in [3.8, 4) is 0 Å². The summed E-state index contributed by atoms with van der Waals surface area (Å²) >= 11 is 0. The van der Waals surface area contributed by atoms with Crippen molar-refractivity contribution in [3.63, 3.8) is 0 Å². The van der Waals surface area contributed by atoms with Gasteiger partial charge in [-0.15, -0.1) is 0 Å². The van der Waals surface area contributed by atoms with Gasteiger partial charge in [-0.3, -0.25) is 0 Å². The molecule has 2 aliphatic rings. The highest BCUT2D eigenvalue weighted by atomic mass is 19.1. The van der Waals surface area contributed by atoms with Crippen LogP contribution in [0.4, 0.5) is 10.1 Å². The van der Waals surface area contributed by atoms with Crippen LogP contribution in [0.15, 0.2) is 36.4 Å². The lowest BCUT2D eigenvalue weighted by Gasteiger charge is -2.31. The second kappa shape index (κ2) is 17.2. The molecule has 1 saturated heterocycles. The Balaban J connectivity index is 0.000000283. The number of hydrogen-bond donors (Lipinski definition) is 1. The Morgan fingerprint density at radius 3 is 2.26 bits per heavy atom. The molecule has 1 aliphatic heterocycles. The summed E-state index contributed by atoms with van der Waals surface area (Å²) in [6, 6.07) is 12.3. The molecule has 6 heteroatoms. The zero-order valence-corrected chi connectivity index (χ0v) is 21.3. The number of anilines is 1. The van der Waals surface area contributed by atoms with Gasteiger partial charge in [0.2, 0.25) is 0 Å². The van der Waals surface area contributed by atoms with E-state index in [0.29, 0.717) is 19.1 Å². The van der Waals surface area contributed by atoms with Gasteiger partial charge in [0.25, 0.3) is 0 Å². The molecule has 0 unspecified atom stereocenters. The second-order valence-corrected chi connectivity index (χ2v) is 8.68. The van der Waals surface area contributed by atoms with E-state index >= 15 is 0 Å². The van der Waals surface area contributed by atoms with Crippen LogP contribution >= 0.6 is 0 Å². The van der Waals surface area contributed by atoms with Crippen LogP contribution in [0.2, 0.25) is 0 Å². The Hall–Kier alpha value is -2.28. The predicted molar refractivity (Wildman–Crippen MR) is 137 cm³/mol. The number of rotatable bonds is 3. The van der Waals surface area contributed by atoms with Crippen molar-refractivity contribution < 1.29 is 23.8 Å². The number of methoxy groups -OCH3 is 1. The Kier molecular flexibility index (Phi) is 15.0. The van der Waals surface area contributed by atoms with Crippen molar-refractivity contribution in [1.29, 1.82) is 0 Å². The van der Waals surface area contributed by atoms with Crippen LogP contribution in [-0.4, -0.2) is 52.1 Å². The normalized spacial score (nSPS) is 14.9. The average molecular weight is 476 g/mol. The van der Waals surface area contributed by atoms with Gasteiger partial charge in [-0.25, -0.2) is 4.39 Å². The highest BCUT2D eigenvalue weighted by Gasteiger charge is 2.19. The quantitative estimate of drug-likeness (QED) is 0.473. The van der Waals surface area contributed by atoms with Gasteiger partial charge in [-0.1, -0.05) is 56.2 Å². The minimum Gasteiger partial charge on any atom is -0.378 e. The monoisotopic (exact) mass is 475 g/mol. The van der Waals surface area contributed by atoms with Gasteiger partial charge in [0.15, 0.2) is 0 Å². The lowest BCUT2D eigenvalue weighted by Crippen LogP contribution is -2.37. The second-order valence-electron chi connectivity index (χ2n) is 8.68. The molecule has 0 saturated carbocycles. The maximum absolute atomic E-state index is 13.9. The molecule has 5 nitrogen and oxygen atoms in total. The van der Waals surface area contributed by atoms with Crippen molar-refractivity contribution in [3.05, 3.63) is 64.5 Å². The van der Waals surface area contributed by atoms with Crippen molar-refractivity contribution in [2.45, 2.75) is 58.8 Å². The number of halogens is 1. The third-order valence-corrected chi connectivity index (χ3v) is 5.85. The molecule has 0 radical (unpaired) electrons. The molecule has 0 amide bonds. The van der Waals surface area contributed by atoms with Crippen molar-refractivity contribution in [2.75, 3.05) is 45.1 Å². The smallest absolute Gasteiger partial charge is 0.146 e. The van der Waals surface area contributed by atoms with E-state index in [1.54, 1.807) is 17.2 Å². The standard InChI is InChI=1S/C13H18FNO.C12H16.C2H6O2.CH2O/c1-10(2)11-4-3-5-12(14)13(11)15-6-8-16-9-7-15;1-10-7-8-11-5-3-2-4-6-12(11)9-10;1-4-2-3;1-2/h3-5,10H,6-9H2,1-2H3;7-9H,2-6H2,1H3;3H,2H2,1H3;1H2. The van der Waals surface area contributed by atoms with E-state index in [0.717, 1.165) is 24.3 Å². The van der Waals surface area contributed by atoms with E-state index in [1.165, 1.54) is 50.8 Å². The van der Waals surface area contributed by atoms with Crippen LogP contribution in [0.25, 0.3) is 0 Å². The number of nitrogens with zero attached hydrogens (tertiary/aromatic N) is 1. The van der Waals surface area contributed by atoms with Gasteiger partial charge >= 0.3 is 0 Å². The molecular weight excluding hydrogens is 433 g/mol. The third-order valence-electron chi connectivity index (χ3n) is 5.85. The first-order valence-corrected chi connectivity index (χ1v) is 12.1. The number of carbonyl (C=O) groups is 1. The molecule has 4 rings (SSSR count). The van der Waals surface area contributed by atoms with Crippen LogP contribution < -0.4 is 4.90 Å². The molecule has 0 aromatic heterocycles. The van der Waals surface area contributed by atoms with E-state index in [1.807, 2.05) is 12.9 Å². The van der Waals surface area contributed by atoms with Crippen LogP contribution in [0.3, 0.4) is 0 Å². The number of benzene rings is 2. The topological polar surface area (TPSA) is 59.0 Å². The highest BCUT2D eigenvalue weighted by molar-refractivity contribution is 5.56. The van der Waals surface area contributed by atoms with E-state index in [2.05, 4.69) is 48.6 Å². The molecule has 34 heavy (non-hydrogen) atoms. The van der Waals surface area contributed by atoms with Crippen LogP contribution in [0.1, 0.15) is 61.3 Å². The fraction of sp³-hybridized carbons (Fsp3) is 0.536. The van der Waals surface area contributed by atoms with E-state index in [-0.39, 0.29) is 12.6 Å². The molecule has 2 aromatic rings. The number of aliphatic hydroxyl groups is 1. The number of ether oxygens (including phenoxy) is 2. The third kappa shape index (κ3) is 9.92. The number of aliphatic hydroxyl groups excluding tert-OH is 1. The highest BCUT2D eigenvalue weighted by Crippen LogP contribution is 2.30. The maximum atomic E-state index is 13.9. The number of morpholine rings is 1. The maximum Gasteiger partial charge on any atom is 0.146 e. The number of hydrogen-bond acceptors (Lipinski definition) is 5. The van der Waals surface area contributed by atoms with Gasteiger partial charge in [-0.05, 0) is 61.3 Å². The summed E-state index contributed by atoms with van der Waals surface area (Å²) in [5.74, 6) is 0.224. The molecule has 0 spiro atoms.